The maximum Gasteiger partial charge on any atom is 0.268 e. The number of fused-ring (bicyclic) bond motifs is 1. The number of halogens is 1. The van der Waals surface area contributed by atoms with Gasteiger partial charge in [0.25, 0.3) is 10.0 Å². The highest BCUT2D eigenvalue weighted by Crippen LogP contribution is 2.28. The van der Waals surface area contributed by atoms with E-state index in [-0.39, 0.29) is 4.90 Å². The quantitative estimate of drug-likeness (QED) is 0.714. The topological polar surface area (TPSA) is 61.2 Å². The first-order valence-corrected chi connectivity index (χ1v) is 8.27. The number of nitrogens with zero attached hydrogens (tertiary/aromatic N) is 2. The molecule has 21 heavy (non-hydrogen) atoms. The molecular weight excluding hydrogens is 356 g/mol. The molecule has 0 bridgehead atoms. The molecule has 1 aromatic carbocycles. The summed E-state index contributed by atoms with van der Waals surface area (Å²) in [5.74, 6) is 0.539. The van der Waals surface area contributed by atoms with Crippen LogP contribution in [0.3, 0.4) is 0 Å². The smallest absolute Gasteiger partial charge is 0.268 e. The first-order valence-electron chi connectivity index (χ1n) is 6.04. The summed E-state index contributed by atoms with van der Waals surface area (Å²) in [6, 6.07) is 8.19. The van der Waals surface area contributed by atoms with Crippen molar-refractivity contribution in [2.24, 2.45) is 0 Å². The monoisotopic (exact) mass is 366 g/mol. The van der Waals surface area contributed by atoms with Crippen LogP contribution in [0.25, 0.3) is 10.9 Å². The van der Waals surface area contributed by atoms with Gasteiger partial charge in [-0.1, -0.05) is 15.9 Å². The van der Waals surface area contributed by atoms with Crippen LogP contribution in [0.2, 0.25) is 0 Å². The van der Waals surface area contributed by atoms with Crippen LogP contribution in [-0.2, 0) is 10.0 Å². The first kappa shape index (κ1) is 14.1. The highest BCUT2D eigenvalue weighted by molar-refractivity contribution is 9.10. The summed E-state index contributed by atoms with van der Waals surface area (Å²) in [4.78, 5) is 4.23. The summed E-state index contributed by atoms with van der Waals surface area (Å²) < 4.78 is 32.6. The van der Waals surface area contributed by atoms with Crippen LogP contribution >= 0.6 is 15.9 Å². The highest BCUT2D eigenvalue weighted by Gasteiger charge is 2.20. The number of hydrogen-bond acceptors (Lipinski definition) is 4. The lowest BCUT2D eigenvalue weighted by atomic mass is 10.3. The van der Waals surface area contributed by atoms with Gasteiger partial charge in [0, 0.05) is 16.1 Å². The van der Waals surface area contributed by atoms with E-state index in [2.05, 4.69) is 20.9 Å². The third-order valence-electron chi connectivity index (χ3n) is 3.13. The number of ether oxygens (including phenoxy) is 1. The Morgan fingerprint density at radius 3 is 2.52 bits per heavy atom. The third-order valence-corrected chi connectivity index (χ3v) is 5.37. The molecule has 0 aliphatic heterocycles. The zero-order chi connectivity index (χ0) is 15.0. The Morgan fingerprint density at radius 2 is 1.86 bits per heavy atom. The van der Waals surface area contributed by atoms with Gasteiger partial charge in [0.2, 0.25) is 0 Å². The molecule has 108 valence electrons. The van der Waals surface area contributed by atoms with Crippen LogP contribution in [-0.4, -0.2) is 24.5 Å². The van der Waals surface area contributed by atoms with Gasteiger partial charge in [0.1, 0.15) is 5.75 Å². The fraction of sp³-hybridized carbons (Fsp3) is 0.0714. The van der Waals surface area contributed by atoms with Crippen LogP contribution in [0.4, 0.5) is 0 Å². The molecule has 0 aliphatic rings. The van der Waals surface area contributed by atoms with E-state index >= 15 is 0 Å². The van der Waals surface area contributed by atoms with Crippen molar-refractivity contribution in [3.8, 4) is 5.75 Å². The molecule has 2 heterocycles. The molecule has 0 saturated heterocycles. The Bertz CT molecular complexity index is 902. The van der Waals surface area contributed by atoms with Crippen LogP contribution in [0, 0.1) is 0 Å². The summed E-state index contributed by atoms with van der Waals surface area (Å²) >= 11 is 3.29. The van der Waals surface area contributed by atoms with Crippen molar-refractivity contribution < 1.29 is 13.2 Å². The molecule has 0 atom stereocenters. The normalized spacial score (nSPS) is 11.7. The number of benzene rings is 1. The maximum atomic E-state index is 12.7. The number of methoxy groups -OCH3 is 1. The lowest BCUT2D eigenvalue weighted by Gasteiger charge is -2.08. The van der Waals surface area contributed by atoms with E-state index in [4.69, 9.17) is 4.74 Å². The van der Waals surface area contributed by atoms with Gasteiger partial charge in [-0.2, -0.15) is 0 Å². The van der Waals surface area contributed by atoms with Crippen LogP contribution in [0.1, 0.15) is 0 Å². The van der Waals surface area contributed by atoms with Gasteiger partial charge in [0.15, 0.2) is 0 Å². The van der Waals surface area contributed by atoms with Gasteiger partial charge in [-0.25, -0.2) is 12.4 Å². The van der Waals surface area contributed by atoms with Gasteiger partial charge >= 0.3 is 0 Å². The second-order valence-corrected chi connectivity index (χ2v) is 7.08. The summed E-state index contributed by atoms with van der Waals surface area (Å²) in [5.41, 5.74) is 0.484. The van der Waals surface area contributed by atoms with E-state index in [1.165, 1.54) is 23.5 Å². The SMILES string of the molecule is COc1cncc2c1ccn2S(=O)(=O)c1ccc(Br)cc1. The predicted octanol–water partition coefficient (Wildman–Crippen LogP) is 3.04. The predicted molar refractivity (Wildman–Crippen MR) is 83.0 cm³/mol. The number of pyridine rings is 1. The fourth-order valence-corrected chi connectivity index (χ4v) is 3.70. The van der Waals surface area contributed by atoms with Gasteiger partial charge in [0.05, 0.1) is 29.9 Å². The minimum atomic E-state index is -3.66. The zero-order valence-electron chi connectivity index (χ0n) is 11.0. The van der Waals surface area contributed by atoms with Crippen molar-refractivity contribution in [3.05, 3.63) is 53.4 Å². The summed E-state index contributed by atoms with van der Waals surface area (Å²) in [7, 11) is -2.14. The molecule has 3 aromatic rings. The molecule has 7 heteroatoms. The lowest BCUT2D eigenvalue weighted by molar-refractivity contribution is 0.418. The first-order chi connectivity index (χ1) is 10.0. The van der Waals surface area contributed by atoms with E-state index in [1.807, 2.05) is 0 Å². The molecule has 0 radical (unpaired) electrons. The number of aromatic nitrogens is 2. The Morgan fingerprint density at radius 1 is 1.14 bits per heavy atom. The Hall–Kier alpha value is -1.86. The van der Waals surface area contributed by atoms with E-state index in [1.54, 1.807) is 36.5 Å². The van der Waals surface area contributed by atoms with Crippen molar-refractivity contribution in [3.63, 3.8) is 0 Å². The molecule has 0 N–H and O–H groups in total. The van der Waals surface area contributed by atoms with Crippen LogP contribution in [0.5, 0.6) is 5.75 Å². The van der Waals surface area contributed by atoms with E-state index in [9.17, 15) is 8.42 Å². The van der Waals surface area contributed by atoms with Crippen molar-refractivity contribution in [1.82, 2.24) is 8.96 Å². The molecule has 5 nitrogen and oxygen atoms in total. The van der Waals surface area contributed by atoms with Crippen molar-refractivity contribution in [1.29, 1.82) is 0 Å². The molecule has 0 unspecified atom stereocenters. The molecule has 2 aromatic heterocycles. The molecule has 0 saturated carbocycles. The Balaban J connectivity index is 2.22. The van der Waals surface area contributed by atoms with E-state index in [0.29, 0.717) is 16.7 Å². The summed E-state index contributed by atoms with van der Waals surface area (Å²) in [6.07, 6.45) is 4.57. The molecule has 0 amide bonds. The van der Waals surface area contributed by atoms with Crippen molar-refractivity contribution >= 4 is 36.9 Å². The largest absolute Gasteiger partial charge is 0.494 e. The minimum Gasteiger partial charge on any atom is -0.494 e. The van der Waals surface area contributed by atoms with Gasteiger partial charge in [-0.15, -0.1) is 0 Å². The second kappa shape index (κ2) is 5.16. The number of rotatable bonds is 3. The average Bonchev–Trinajstić information content (AvgIpc) is 2.92. The molecule has 3 rings (SSSR count). The Labute approximate surface area is 130 Å². The van der Waals surface area contributed by atoms with Crippen LogP contribution < -0.4 is 4.74 Å². The zero-order valence-corrected chi connectivity index (χ0v) is 13.4. The minimum absolute atomic E-state index is 0.214. The second-order valence-electron chi connectivity index (χ2n) is 4.35. The van der Waals surface area contributed by atoms with Crippen LogP contribution in [0.15, 0.2) is 58.3 Å². The summed E-state index contributed by atoms with van der Waals surface area (Å²) in [5, 5.41) is 0.702. The summed E-state index contributed by atoms with van der Waals surface area (Å²) in [6.45, 7) is 0. The standard InChI is InChI=1S/C14H11BrN2O3S/c1-20-14-9-16-8-13-12(14)6-7-17(13)21(18,19)11-4-2-10(15)3-5-11/h2-9H,1H3. The Kier molecular flexibility index (Phi) is 3.46. The van der Waals surface area contributed by atoms with Gasteiger partial charge < -0.3 is 4.74 Å². The van der Waals surface area contributed by atoms with Gasteiger partial charge in [-0.3, -0.25) is 4.98 Å². The van der Waals surface area contributed by atoms with Crippen molar-refractivity contribution in [2.45, 2.75) is 4.90 Å². The van der Waals surface area contributed by atoms with E-state index in [0.717, 1.165) is 4.47 Å². The van der Waals surface area contributed by atoms with E-state index < -0.39 is 10.0 Å². The average molecular weight is 367 g/mol. The van der Waals surface area contributed by atoms with Crippen molar-refractivity contribution in [2.75, 3.05) is 7.11 Å². The van der Waals surface area contributed by atoms with Gasteiger partial charge in [-0.05, 0) is 30.3 Å². The molecule has 0 spiro atoms. The maximum absolute atomic E-state index is 12.7. The third kappa shape index (κ3) is 2.32. The molecular formula is C14H11BrN2O3S. The fourth-order valence-electron chi connectivity index (χ4n) is 2.10. The number of hydrogen-bond donors (Lipinski definition) is 0. The molecule has 0 aliphatic carbocycles. The molecule has 0 fully saturated rings. The highest BCUT2D eigenvalue weighted by atomic mass is 79.9. The lowest BCUT2D eigenvalue weighted by Crippen LogP contribution is -2.11.